The third-order valence-electron chi connectivity index (χ3n) is 3.09. The molecule has 0 radical (unpaired) electrons. The first kappa shape index (κ1) is 15.7. The van der Waals surface area contributed by atoms with Crippen molar-refractivity contribution in [2.45, 2.75) is 45.1 Å². The van der Waals surface area contributed by atoms with Crippen LogP contribution < -0.4 is 11.1 Å². The number of hydrogen-bond acceptors (Lipinski definition) is 6. The van der Waals surface area contributed by atoms with Crippen molar-refractivity contribution in [3.05, 3.63) is 11.9 Å². The Hall–Kier alpha value is -1.40. The van der Waals surface area contributed by atoms with E-state index in [1.807, 2.05) is 27.7 Å². The molecule has 0 fully saturated rings. The van der Waals surface area contributed by atoms with Gasteiger partial charge in [0.25, 0.3) is 0 Å². The zero-order valence-corrected chi connectivity index (χ0v) is 12.1. The Bertz CT molecular complexity index is 417. The maximum atomic E-state index is 9.44. The van der Waals surface area contributed by atoms with Gasteiger partial charge in [0, 0.05) is 11.5 Å². The van der Waals surface area contributed by atoms with E-state index in [-0.39, 0.29) is 18.6 Å². The van der Waals surface area contributed by atoms with E-state index < -0.39 is 5.54 Å². The van der Waals surface area contributed by atoms with Gasteiger partial charge < -0.3 is 21.3 Å². The highest BCUT2D eigenvalue weighted by molar-refractivity contribution is 5.47. The van der Waals surface area contributed by atoms with E-state index in [9.17, 15) is 10.2 Å². The van der Waals surface area contributed by atoms with Crippen molar-refractivity contribution in [3.63, 3.8) is 0 Å². The molecule has 1 heterocycles. The maximum Gasteiger partial charge on any atom is 0.138 e. The normalized spacial score (nSPS) is 12.5. The monoisotopic (exact) mass is 268 g/mol. The number of aromatic nitrogens is 2. The van der Waals surface area contributed by atoms with Crippen LogP contribution in [0, 0.1) is 0 Å². The number of rotatable bonds is 5. The number of nitrogens with one attached hydrogen (secondary N) is 1. The summed E-state index contributed by atoms with van der Waals surface area (Å²) in [6.07, 6.45) is 0.564. The molecule has 0 unspecified atom stereocenters. The average Bonchev–Trinajstić information content (AvgIpc) is 2.34. The number of nitrogen functional groups attached to an aromatic ring is 1. The Labute approximate surface area is 114 Å². The van der Waals surface area contributed by atoms with Crippen LogP contribution in [0.5, 0.6) is 0 Å². The van der Waals surface area contributed by atoms with Gasteiger partial charge in [0.15, 0.2) is 0 Å². The van der Waals surface area contributed by atoms with Gasteiger partial charge in [0.1, 0.15) is 17.5 Å². The molecule has 0 spiro atoms. The molecule has 0 atom stereocenters. The topological polar surface area (TPSA) is 104 Å². The molecule has 0 amide bonds. The number of nitrogens with two attached hydrogens (primary N) is 1. The van der Waals surface area contributed by atoms with E-state index in [4.69, 9.17) is 5.73 Å². The van der Waals surface area contributed by atoms with Crippen LogP contribution in [0.15, 0.2) is 6.07 Å². The van der Waals surface area contributed by atoms with Gasteiger partial charge >= 0.3 is 0 Å². The van der Waals surface area contributed by atoms with Crippen LogP contribution in [0.4, 0.5) is 11.6 Å². The van der Waals surface area contributed by atoms with Gasteiger partial charge in [0.05, 0.1) is 18.8 Å². The number of aliphatic hydroxyl groups excluding tert-OH is 2. The van der Waals surface area contributed by atoms with E-state index in [2.05, 4.69) is 15.3 Å². The van der Waals surface area contributed by atoms with Gasteiger partial charge in [0.2, 0.25) is 0 Å². The molecular formula is C13H24N4O2. The van der Waals surface area contributed by atoms with E-state index in [0.717, 1.165) is 0 Å². The zero-order valence-electron chi connectivity index (χ0n) is 12.1. The van der Waals surface area contributed by atoms with Crippen LogP contribution in [0.2, 0.25) is 0 Å². The summed E-state index contributed by atoms with van der Waals surface area (Å²) in [6.45, 7) is 7.50. The third kappa shape index (κ3) is 3.78. The summed E-state index contributed by atoms with van der Waals surface area (Å²) in [5.74, 6) is 1.50. The summed E-state index contributed by atoms with van der Waals surface area (Å²) >= 11 is 0. The highest BCUT2D eigenvalue weighted by Gasteiger charge is 2.28. The molecule has 108 valence electrons. The van der Waals surface area contributed by atoms with Gasteiger partial charge in [-0.1, -0.05) is 27.7 Å². The lowest BCUT2D eigenvalue weighted by Crippen LogP contribution is -2.45. The predicted molar refractivity (Wildman–Crippen MR) is 76.0 cm³/mol. The second kappa shape index (κ2) is 5.71. The summed E-state index contributed by atoms with van der Waals surface area (Å²) in [7, 11) is 0. The van der Waals surface area contributed by atoms with Crippen LogP contribution in [0.3, 0.4) is 0 Å². The quantitative estimate of drug-likeness (QED) is 0.632. The fourth-order valence-corrected chi connectivity index (χ4v) is 1.58. The minimum absolute atomic E-state index is 0.186. The maximum absolute atomic E-state index is 9.44. The molecule has 0 aliphatic carbocycles. The average molecular weight is 268 g/mol. The molecule has 0 saturated carbocycles. The van der Waals surface area contributed by atoms with Crippen LogP contribution >= 0.6 is 0 Å². The van der Waals surface area contributed by atoms with Crippen LogP contribution in [-0.2, 0) is 5.41 Å². The molecule has 19 heavy (non-hydrogen) atoms. The Morgan fingerprint density at radius 3 is 2.21 bits per heavy atom. The molecule has 0 aromatic carbocycles. The van der Waals surface area contributed by atoms with Gasteiger partial charge in [-0.3, -0.25) is 0 Å². The molecular weight excluding hydrogens is 244 g/mol. The Morgan fingerprint density at radius 2 is 1.79 bits per heavy atom. The lowest BCUT2D eigenvalue weighted by Gasteiger charge is -2.31. The second-order valence-electron chi connectivity index (χ2n) is 5.83. The van der Waals surface area contributed by atoms with E-state index in [1.165, 1.54) is 0 Å². The lowest BCUT2D eigenvalue weighted by atomic mass is 9.95. The van der Waals surface area contributed by atoms with Gasteiger partial charge in [-0.2, -0.15) is 0 Å². The van der Waals surface area contributed by atoms with E-state index in [0.29, 0.717) is 23.9 Å². The van der Waals surface area contributed by atoms with Crippen molar-refractivity contribution < 1.29 is 10.2 Å². The van der Waals surface area contributed by atoms with Crippen molar-refractivity contribution in [3.8, 4) is 0 Å². The highest BCUT2D eigenvalue weighted by Crippen LogP contribution is 2.23. The first-order valence-electron chi connectivity index (χ1n) is 6.41. The van der Waals surface area contributed by atoms with E-state index >= 15 is 0 Å². The number of aliphatic hydroxyl groups is 2. The lowest BCUT2D eigenvalue weighted by molar-refractivity contribution is 0.132. The van der Waals surface area contributed by atoms with Crippen molar-refractivity contribution in [2.75, 3.05) is 24.3 Å². The fraction of sp³-hybridized carbons (Fsp3) is 0.692. The molecule has 0 aliphatic heterocycles. The Balaban J connectivity index is 3.11. The third-order valence-corrected chi connectivity index (χ3v) is 3.09. The van der Waals surface area contributed by atoms with Crippen LogP contribution in [0.1, 0.15) is 39.9 Å². The molecule has 6 heteroatoms. The summed E-state index contributed by atoms with van der Waals surface area (Å²) in [5, 5.41) is 21.9. The minimum Gasteiger partial charge on any atom is -0.394 e. The molecule has 1 rings (SSSR count). The van der Waals surface area contributed by atoms with Crippen molar-refractivity contribution >= 4 is 11.6 Å². The Morgan fingerprint density at radius 1 is 1.21 bits per heavy atom. The summed E-state index contributed by atoms with van der Waals surface area (Å²) in [6, 6.07) is 1.60. The standard InChI is InChI=1S/C13H24N4O2/c1-5-13(7-18,8-19)17-10-6-9(14)15-11(16-10)12(2,3)4/h6,18-19H,5,7-8H2,1-4H3,(H3,14,15,16,17). The predicted octanol–water partition coefficient (Wildman–Crippen LogP) is 0.902. The smallest absolute Gasteiger partial charge is 0.138 e. The van der Waals surface area contributed by atoms with Crippen LogP contribution in [0.25, 0.3) is 0 Å². The van der Waals surface area contributed by atoms with Gasteiger partial charge in [-0.15, -0.1) is 0 Å². The molecule has 0 aliphatic rings. The summed E-state index contributed by atoms with van der Waals surface area (Å²) in [4.78, 5) is 8.62. The molecule has 0 saturated heterocycles. The molecule has 0 bridgehead atoms. The molecule has 1 aromatic heterocycles. The number of nitrogens with zero attached hydrogens (tertiary/aromatic N) is 2. The second-order valence-corrected chi connectivity index (χ2v) is 5.83. The Kier molecular flexibility index (Phi) is 4.70. The van der Waals surface area contributed by atoms with Gasteiger partial charge in [-0.25, -0.2) is 9.97 Å². The summed E-state index contributed by atoms with van der Waals surface area (Å²) in [5.41, 5.74) is 4.76. The van der Waals surface area contributed by atoms with Crippen LogP contribution in [-0.4, -0.2) is 38.9 Å². The SMILES string of the molecule is CCC(CO)(CO)Nc1cc(N)nc(C(C)(C)C)n1. The van der Waals surface area contributed by atoms with E-state index in [1.54, 1.807) is 6.07 Å². The largest absolute Gasteiger partial charge is 0.394 e. The molecule has 6 nitrogen and oxygen atoms in total. The van der Waals surface area contributed by atoms with Crippen molar-refractivity contribution in [1.29, 1.82) is 0 Å². The van der Waals surface area contributed by atoms with Crippen molar-refractivity contribution in [2.24, 2.45) is 0 Å². The summed E-state index contributed by atoms with van der Waals surface area (Å²) < 4.78 is 0. The van der Waals surface area contributed by atoms with Crippen molar-refractivity contribution in [1.82, 2.24) is 9.97 Å². The highest BCUT2D eigenvalue weighted by atomic mass is 16.3. The number of anilines is 2. The molecule has 1 aromatic rings. The molecule has 5 N–H and O–H groups in total. The van der Waals surface area contributed by atoms with Gasteiger partial charge in [-0.05, 0) is 6.42 Å². The first-order chi connectivity index (χ1) is 8.76. The fourth-order valence-electron chi connectivity index (χ4n) is 1.58. The number of hydrogen-bond donors (Lipinski definition) is 4. The minimum atomic E-state index is -0.796. The zero-order chi connectivity index (χ0) is 14.7. The first-order valence-corrected chi connectivity index (χ1v) is 6.41.